The van der Waals surface area contributed by atoms with Crippen molar-refractivity contribution >= 4 is 17.9 Å². The smallest absolute Gasteiger partial charge is 0.407 e. The predicted octanol–water partition coefficient (Wildman–Crippen LogP) is 0.198. The van der Waals surface area contributed by atoms with Crippen LogP contribution >= 0.6 is 0 Å². The second-order valence-corrected chi connectivity index (χ2v) is 7.53. The highest BCUT2D eigenvalue weighted by Gasteiger charge is 2.22. The van der Waals surface area contributed by atoms with Crippen LogP contribution in [0, 0.1) is 0 Å². The second kappa shape index (κ2) is 11.8. The van der Waals surface area contributed by atoms with Gasteiger partial charge in [-0.25, -0.2) is 4.79 Å². The second-order valence-electron chi connectivity index (χ2n) is 7.53. The van der Waals surface area contributed by atoms with Crippen molar-refractivity contribution in [2.45, 2.75) is 39.2 Å². The summed E-state index contributed by atoms with van der Waals surface area (Å²) in [6.07, 6.45) is 0.512. The van der Waals surface area contributed by atoms with Gasteiger partial charge in [-0.3, -0.25) is 14.5 Å². The minimum absolute atomic E-state index is 0.00488. The van der Waals surface area contributed by atoms with E-state index in [0.29, 0.717) is 45.9 Å². The molecule has 1 fully saturated rings. The predicted molar refractivity (Wildman–Crippen MR) is 101 cm³/mol. The Morgan fingerprint density at radius 2 is 1.67 bits per heavy atom. The lowest BCUT2D eigenvalue weighted by Crippen LogP contribution is -2.51. The topological polar surface area (TPSA) is 100 Å². The zero-order chi connectivity index (χ0) is 20.3. The molecule has 0 unspecified atom stereocenters. The van der Waals surface area contributed by atoms with Gasteiger partial charge in [-0.1, -0.05) is 0 Å². The first kappa shape index (κ1) is 23.2. The molecule has 0 aromatic rings. The number of rotatable bonds is 9. The minimum Gasteiger partial charge on any atom is -0.444 e. The number of nitrogens with zero attached hydrogens (tertiary/aromatic N) is 2. The molecular formula is C18H34N4O5. The Kier molecular flexibility index (Phi) is 10.1. The molecule has 156 valence electrons. The lowest BCUT2D eigenvalue weighted by atomic mass is 10.2. The molecule has 9 nitrogen and oxygen atoms in total. The Balaban J connectivity index is 2.17. The number of ether oxygens (including phenoxy) is 2. The summed E-state index contributed by atoms with van der Waals surface area (Å²) in [6, 6.07) is 0. The molecule has 1 heterocycles. The third-order valence-corrected chi connectivity index (χ3v) is 3.95. The fourth-order valence-electron chi connectivity index (χ4n) is 2.60. The normalized spacial score (nSPS) is 15.3. The van der Waals surface area contributed by atoms with Gasteiger partial charge in [-0.15, -0.1) is 0 Å². The quantitative estimate of drug-likeness (QED) is 0.549. The molecule has 0 atom stereocenters. The van der Waals surface area contributed by atoms with E-state index < -0.39 is 11.7 Å². The summed E-state index contributed by atoms with van der Waals surface area (Å²) in [5.74, 6) is -0.0119. The van der Waals surface area contributed by atoms with Gasteiger partial charge in [0.1, 0.15) is 5.60 Å². The molecule has 0 aromatic carbocycles. The van der Waals surface area contributed by atoms with Gasteiger partial charge in [0.25, 0.3) is 0 Å². The molecule has 1 aliphatic rings. The molecule has 27 heavy (non-hydrogen) atoms. The molecule has 1 saturated heterocycles. The van der Waals surface area contributed by atoms with Gasteiger partial charge >= 0.3 is 6.09 Å². The van der Waals surface area contributed by atoms with E-state index in [9.17, 15) is 14.4 Å². The fraction of sp³-hybridized carbons (Fsp3) is 0.833. The summed E-state index contributed by atoms with van der Waals surface area (Å²) in [4.78, 5) is 39.5. The number of hydrogen-bond donors (Lipinski definition) is 2. The molecule has 1 rings (SSSR count). The molecule has 0 saturated carbocycles. The van der Waals surface area contributed by atoms with Crippen molar-refractivity contribution < 1.29 is 23.9 Å². The summed E-state index contributed by atoms with van der Waals surface area (Å²) in [5.41, 5.74) is -0.555. The lowest BCUT2D eigenvalue weighted by molar-refractivity contribution is -0.133. The number of piperazine rings is 1. The average molecular weight is 386 g/mol. The van der Waals surface area contributed by atoms with Crippen molar-refractivity contribution in [3.8, 4) is 0 Å². The zero-order valence-electron chi connectivity index (χ0n) is 17.0. The molecule has 0 spiro atoms. The van der Waals surface area contributed by atoms with Gasteiger partial charge in [0.2, 0.25) is 11.8 Å². The largest absolute Gasteiger partial charge is 0.444 e. The minimum atomic E-state index is -0.555. The lowest BCUT2D eigenvalue weighted by Gasteiger charge is -2.34. The van der Waals surface area contributed by atoms with Gasteiger partial charge in [0.15, 0.2) is 0 Å². The summed E-state index contributed by atoms with van der Waals surface area (Å²) < 4.78 is 10.1. The highest BCUT2D eigenvalue weighted by atomic mass is 16.6. The Morgan fingerprint density at radius 3 is 2.26 bits per heavy atom. The van der Waals surface area contributed by atoms with Crippen LogP contribution in [-0.2, 0) is 19.1 Å². The van der Waals surface area contributed by atoms with Crippen molar-refractivity contribution in [3.63, 3.8) is 0 Å². The van der Waals surface area contributed by atoms with E-state index in [1.165, 1.54) is 0 Å². The van der Waals surface area contributed by atoms with Crippen molar-refractivity contribution in [2.75, 3.05) is 59.5 Å². The van der Waals surface area contributed by atoms with Crippen molar-refractivity contribution in [2.24, 2.45) is 0 Å². The fourth-order valence-corrected chi connectivity index (χ4v) is 2.60. The molecule has 0 aliphatic carbocycles. The summed E-state index contributed by atoms with van der Waals surface area (Å²) in [6.45, 7) is 9.69. The molecule has 1 aliphatic heterocycles. The van der Waals surface area contributed by atoms with Gasteiger partial charge < -0.3 is 25.0 Å². The highest BCUT2D eigenvalue weighted by molar-refractivity contribution is 5.78. The Bertz CT molecular complexity index is 485. The third-order valence-electron chi connectivity index (χ3n) is 3.95. The summed E-state index contributed by atoms with van der Waals surface area (Å²) in [5, 5.41) is 5.45. The Morgan fingerprint density at radius 1 is 1.00 bits per heavy atom. The first-order chi connectivity index (χ1) is 12.7. The van der Waals surface area contributed by atoms with Crippen LogP contribution < -0.4 is 10.6 Å². The molecular weight excluding hydrogens is 352 g/mol. The van der Waals surface area contributed by atoms with Crippen LogP contribution in [0.15, 0.2) is 0 Å². The van der Waals surface area contributed by atoms with Crippen molar-refractivity contribution in [3.05, 3.63) is 0 Å². The van der Waals surface area contributed by atoms with Crippen LogP contribution in [0.4, 0.5) is 4.79 Å². The van der Waals surface area contributed by atoms with Crippen LogP contribution in [0.2, 0.25) is 0 Å². The molecule has 0 aromatic heterocycles. The van der Waals surface area contributed by atoms with E-state index in [1.54, 1.807) is 32.8 Å². The van der Waals surface area contributed by atoms with E-state index in [4.69, 9.17) is 9.47 Å². The highest BCUT2D eigenvalue weighted by Crippen LogP contribution is 2.07. The maximum absolute atomic E-state index is 12.2. The van der Waals surface area contributed by atoms with Crippen LogP contribution in [0.3, 0.4) is 0 Å². The monoisotopic (exact) mass is 386 g/mol. The SMILES string of the molecule is COCCCNC(=O)CN1CCN(C(=O)CCNC(=O)OC(C)(C)C)CC1. The summed E-state index contributed by atoms with van der Waals surface area (Å²) >= 11 is 0. The van der Waals surface area contributed by atoms with Gasteiger partial charge in [0, 0.05) is 59.4 Å². The first-order valence-corrected chi connectivity index (χ1v) is 9.44. The van der Waals surface area contributed by atoms with Crippen LogP contribution in [-0.4, -0.2) is 92.8 Å². The standard InChI is InChI=1S/C18H34N4O5/c1-18(2,3)27-17(25)20-8-6-16(24)22-11-9-21(10-12-22)14-15(23)19-7-5-13-26-4/h5-14H2,1-4H3,(H,19,23)(H,20,25). The van der Waals surface area contributed by atoms with Crippen molar-refractivity contribution in [1.82, 2.24) is 20.4 Å². The van der Waals surface area contributed by atoms with E-state index in [0.717, 1.165) is 6.42 Å². The number of nitrogens with one attached hydrogen (secondary N) is 2. The third kappa shape index (κ3) is 10.8. The van der Waals surface area contributed by atoms with Crippen molar-refractivity contribution in [1.29, 1.82) is 0 Å². The molecule has 2 N–H and O–H groups in total. The van der Waals surface area contributed by atoms with Gasteiger partial charge in [-0.2, -0.15) is 0 Å². The number of carbonyl (C=O) groups is 3. The first-order valence-electron chi connectivity index (χ1n) is 9.44. The number of amides is 3. The number of carbonyl (C=O) groups excluding carboxylic acids is 3. The summed E-state index contributed by atoms with van der Waals surface area (Å²) in [7, 11) is 1.64. The van der Waals surface area contributed by atoms with Crippen LogP contribution in [0.1, 0.15) is 33.6 Å². The van der Waals surface area contributed by atoms with E-state index >= 15 is 0 Å². The molecule has 0 radical (unpaired) electrons. The number of hydrogen-bond acceptors (Lipinski definition) is 6. The van der Waals surface area contributed by atoms with Gasteiger partial charge in [-0.05, 0) is 27.2 Å². The maximum atomic E-state index is 12.2. The number of methoxy groups -OCH3 is 1. The van der Waals surface area contributed by atoms with Gasteiger partial charge in [0.05, 0.1) is 6.54 Å². The van der Waals surface area contributed by atoms with Crippen LogP contribution in [0.5, 0.6) is 0 Å². The number of alkyl carbamates (subject to hydrolysis) is 1. The zero-order valence-corrected chi connectivity index (χ0v) is 17.0. The van der Waals surface area contributed by atoms with E-state index in [2.05, 4.69) is 10.6 Å². The van der Waals surface area contributed by atoms with E-state index in [1.807, 2.05) is 4.90 Å². The average Bonchev–Trinajstić information content (AvgIpc) is 2.57. The van der Waals surface area contributed by atoms with Crippen LogP contribution in [0.25, 0.3) is 0 Å². The molecule has 9 heteroatoms. The Hall–Kier alpha value is -1.87. The maximum Gasteiger partial charge on any atom is 0.407 e. The van der Waals surface area contributed by atoms with E-state index in [-0.39, 0.29) is 24.8 Å². The molecule has 0 bridgehead atoms. The Labute approximate surface area is 161 Å². The molecule has 3 amide bonds.